The van der Waals surface area contributed by atoms with Gasteiger partial charge in [-0.1, -0.05) is 22.0 Å². The molecule has 0 aliphatic carbocycles. The predicted molar refractivity (Wildman–Crippen MR) is 75.2 cm³/mol. The maximum Gasteiger partial charge on any atom is 0.254 e. The van der Waals surface area contributed by atoms with Crippen LogP contribution in [0, 0.1) is 0 Å². The predicted octanol–water partition coefficient (Wildman–Crippen LogP) is 3.17. The number of phenolic OH excluding ortho intramolecular Hbond substituents is 1. The van der Waals surface area contributed by atoms with E-state index in [1.54, 1.807) is 24.3 Å². The van der Waals surface area contributed by atoms with Crippen LogP contribution in [0.5, 0.6) is 5.75 Å². The van der Waals surface area contributed by atoms with Gasteiger partial charge in [-0.15, -0.1) is 0 Å². The lowest BCUT2D eigenvalue weighted by molar-refractivity contribution is 0.0730. The van der Waals surface area contributed by atoms with E-state index in [4.69, 9.17) is 0 Å². The lowest BCUT2D eigenvalue weighted by Crippen LogP contribution is -2.35. The highest BCUT2D eigenvalue weighted by Crippen LogP contribution is 2.24. The van der Waals surface area contributed by atoms with Gasteiger partial charge in [0.25, 0.3) is 5.91 Å². The van der Waals surface area contributed by atoms with E-state index in [2.05, 4.69) is 15.9 Å². The van der Waals surface area contributed by atoms with Crippen molar-refractivity contribution in [2.45, 2.75) is 31.7 Å². The number of hydrogen-bond acceptors (Lipinski definition) is 2. The summed E-state index contributed by atoms with van der Waals surface area (Å²) in [7, 11) is 0. The molecule has 4 heteroatoms. The second kappa shape index (κ2) is 6.23. The summed E-state index contributed by atoms with van der Waals surface area (Å²) in [6, 6.07) is 6.97. The van der Waals surface area contributed by atoms with Crippen LogP contribution in [0.15, 0.2) is 24.3 Å². The summed E-state index contributed by atoms with van der Waals surface area (Å²) in [4.78, 5) is 14.3. The molecule has 0 radical (unpaired) electrons. The molecule has 0 bridgehead atoms. The number of likely N-dealkylation sites (tertiary alicyclic amines) is 1. The summed E-state index contributed by atoms with van der Waals surface area (Å²) in [6.07, 6.45) is 4.32. The first-order valence-electron chi connectivity index (χ1n) is 6.38. The second-order valence-corrected chi connectivity index (χ2v) is 5.47. The fourth-order valence-corrected chi connectivity index (χ4v) is 2.84. The summed E-state index contributed by atoms with van der Waals surface area (Å²) in [5, 5.41) is 10.4. The van der Waals surface area contributed by atoms with E-state index in [1.807, 2.05) is 4.90 Å². The topological polar surface area (TPSA) is 40.5 Å². The Bertz CT molecular complexity index is 422. The Morgan fingerprint density at radius 1 is 1.50 bits per heavy atom. The van der Waals surface area contributed by atoms with Gasteiger partial charge in [0.15, 0.2) is 0 Å². The van der Waals surface area contributed by atoms with Gasteiger partial charge < -0.3 is 10.0 Å². The lowest BCUT2D eigenvalue weighted by atomic mass is 10.1. The monoisotopic (exact) mass is 311 g/mol. The summed E-state index contributed by atoms with van der Waals surface area (Å²) in [5.41, 5.74) is 0.584. The molecule has 1 aliphatic heterocycles. The average Bonchev–Trinajstić information content (AvgIpc) is 2.83. The Kier molecular flexibility index (Phi) is 4.64. The number of phenols is 1. The van der Waals surface area contributed by atoms with Gasteiger partial charge in [0.2, 0.25) is 0 Å². The van der Waals surface area contributed by atoms with Crippen molar-refractivity contribution in [2.75, 3.05) is 11.9 Å². The van der Waals surface area contributed by atoms with E-state index in [9.17, 15) is 9.90 Å². The largest absolute Gasteiger partial charge is 0.508 e. The molecule has 1 heterocycles. The second-order valence-electron chi connectivity index (χ2n) is 4.68. The molecule has 0 saturated carbocycles. The maximum atomic E-state index is 12.4. The maximum absolute atomic E-state index is 12.4. The third-order valence-electron chi connectivity index (χ3n) is 3.40. The Hall–Kier alpha value is -1.03. The van der Waals surface area contributed by atoms with Gasteiger partial charge in [-0.3, -0.25) is 4.79 Å². The molecule has 1 atom stereocenters. The molecule has 0 spiro atoms. The van der Waals surface area contributed by atoms with Gasteiger partial charge in [0.1, 0.15) is 5.75 Å². The fraction of sp³-hybridized carbons (Fsp3) is 0.500. The molecular formula is C14H18BrNO2. The van der Waals surface area contributed by atoms with Crippen LogP contribution in [-0.2, 0) is 0 Å². The molecule has 98 valence electrons. The SMILES string of the molecule is O=C(c1cccc(O)c1)N1CCCC1CCCBr. The zero-order valence-corrected chi connectivity index (χ0v) is 11.9. The minimum absolute atomic E-state index is 0.0444. The normalized spacial score (nSPS) is 19.2. The summed E-state index contributed by atoms with van der Waals surface area (Å²) in [6.45, 7) is 0.835. The van der Waals surface area contributed by atoms with Crippen molar-refractivity contribution in [1.82, 2.24) is 4.90 Å². The van der Waals surface area contributed by atoms with Gasteiger partial charge >= 0.3 is 0 Å². The third kappa shape index (κ3) is 3.05. The van der Waals surface area contributed by atoms with Crippen molar-refractivity contribution in [3.63, 3.8) is 0 Å². The Balaban J connectivity index is 2.08. The van der Waals surface area contributed by atoms with E-state index < -0.39 is 0 Å². The zero-order valence-electron chi connectivity index (χ0n) is 10.3. The highest BCUT2D eigenvalue weighted by Gasteiger charge is 2.28. The van der Waals surface area contributed by atoms with Crippen molar-refractivity contribution in [1.29, 1.82) is 0 Å². The number of hydrogen-bond donors (Lipinski definition) is 1. The number of carbonyl (C=O) groups is 1. The fourth-order valence-electron chi connectivity index (χ4n) is 2.52. The number of amides is 1. The number of rotatable bonds is 4. The van der Waals surface area contributed by atoms with Crippen LogP contribution >= 0.6 is 15.9 Å². The van der Waals surface area contributed by atoms with Crippen LogP contribution in [0.25, 0.3) is 0 Å². The first kappa shape index (κ1) is 13.4. The zero-order chi connectivity index (χ0) is 13.0. The van der Waals surface area contributed by atoms with Gasteiger partial charge in [0, 0.05) is 23.5 Å². The third-order valence-corrected chi connectivity index (χ3v) is 3.96. The van der Waals surface area contributed by atoms with Crippen LogP contribution < -0.4 is 0 Å². The molecule has 0 aromatic heterocycles. The number of benzene rings is 1. The van der Waals surface area contributed by atoms with Gasteiger partial charge in [-0.25, -0.2) is 0 Å². The molecule has 1 aromatic carbocycles. The number of nitrogens with zero attached hydrogens (tertiary/aromatic N) is 1. The molecule has 3 nitrogen and oxygen atoms in total. The molecule has 18 heavy (non-hydrogen) atoms. The first-order chi connectivity index (χ1) is 8.72. The Morgan fingerprint density at radius 2 is 2.33 bits per heavy atom. The summed E-state index contributed by atoms with van der Waals surface area (Å²) < 4.78 is 0. The highest BCUT2D eigenvalue weighted by atomic mass is 79.9. The number of aromatic hydroxyl groups is 1. The number of halogens is 1. The van der Waals surface area contributed by atoms with Crippen molar-refractivity contribution in [2.24, 2.45) is 0 Å². The van der Waals surface area contributed by atoms with Crippen LogP contribution in [0.3, 0.4) is 0 Å². The van der Waals surface area contributed by atoms with E-state index in [1.165, 1.54) is 0 Å². The standard InChI is InChI=1S/C14H18BrNO2/c15-8-2-5-12-6-3-9-16(12)14(18)11-4-1-7-13(17)10-11/h1,4,7,10,12,17H,2-3,5-6,8-9H2. The Labute approximate surface area is 116 Å². The van der Waals surface area contributed by atoms with Gasteiger partial charge in [0.05, 0.1) is 0 Å². The molecule has 1 N–H and O–H groups in total. The van der Waals surface area contributed by atoms with Crippen LogP contribution in [0.2, 0.25) is 0 Å². The molecule has 1 fully saturated rings. The van der Waals surface area contributed by atoms with E-state index in [0.717, 1.165) is 37.6 Å². The van der Waals surface area contributed by atoms with Crippen LogP contribution in [0.1, 0.15) is 36.0 Å². The highest BCUT2D eigenvalue weighted by molar-refractivity contribution is 9.09. The molecule has 1 unspecified atom stereocenters. The van der Waals surface area contributed by atoms with Gasteiger partial charge in [-0.05, 0) is 43.9 Å². The van der Waals surface area contributed by atoms with E-state index in [-0.39, 0.29) is 11.7 Å². The molecule has 1 aromatic rings. The van der Waals surface area contributed by atoms with Gasteiger partial charge in [-0.2, -0.15) is 0 Å². The van der Waals surface area contributed by atoms with Crippen LogP contribution in [-0.4, -0.2) is 33.8 Å². The average molecular weight is 312 g/mol. The molecule has 1 aliphatic rings. The first-order valence-corrected chi connectivity index (χ1v) is 7.50. The molecule has 2 rings (SSSR count). The van der Waals surface area contributed by atoms with Crippen molar-refractivity contribution >= 4 is 21.8 Å². The summed E-state index contributed by atoms with van der Waals surface area (Å²) >= 11 is 3.43. The molecule has 1 saturated heterocycles. The number of alkyl halides is 1. The van der Waals surface area contributed by atoms with E-state index in [0.29, 0.717) is 11.6 Å². The lowest BCUT2D eigenvalue weighted by Gasteiger charge is -2.24. The molecular weight excluding hydrogens is 294 g/mol. The quantitative estimate of drug-likeness (QED) is 0.868. The smallest absolute Gasteiger partial charge is 0.254 e. The number of carbonyl (C=O) groups excluding carboxylic acids is 1. The van der Waals surface area contributed by atoms with Crippen LogP contribution in [0.4, 0.5) is 0 Å². The minimum atomic E-state index is 0.0444. The Morgan fingerprint density at radius 3 is 3.06 bits per heavy atom. The van der Waals surface area contributed by atoms with Crippen molar-refractivity contribution in [3.8, 4) is 5.75 Å². The van der Waals surface area contributed by atoms with Crippen molar-refractivity contribution < 1.29 is 9.90 Å². The summed E-state index contributed by atoms with van der Waals surface area (Å²) in [5.74, 6) is 0.194. The minimum Gasteiger partial charge on any atom is -0.508 e. The van der Waals surface area contributed by atoms with Crippen molar-refractivity contribution in [3.05, 3.63) is 29.8 Å². The molecule has 1 amide bonds. The van der Waals surface area contributed by atoms with E-state index >= 15 is 0 Å².